The van der Waals surface area contributed by atoms with Gasteiger partial charge in [-0.3, -0.25) is 0 Å². The molecule has 0 aliphatic heterocycles. The molecule has 1 aliphatic carbocycles. The maximum Gasteiger partial charge on any atom is 0.352 e. The van der Waals surface area contributed by atoms with Crippen molar-refractivity contribution in [3.63, 3.8) is 0 Å². The van der Waals surface area contributed by atoms with Gasteiger partial charge in [0.05, 0.1) is 11.4 Å². The third kappa shape index (κ3) is 6.08. The number of nitrogens with zero attached hydrogens (tertiary/aromatic N) is 2. The van der Waals surface area contributed by atoms with Gasteiger partial charge in [-0.1, -0.05) is 50.8 Å². The number of benzene rings is 2. The zero-order valence-corrected chi connectivity index (χ0v) is 21.3. The SMILES string of the molecule is Cc1ccc(NC(=O)Nc2cc(-n3cccc3C(=O)O)ccc2N(CC(C)C)C2CCCCC2)cc1. The van der Waals surface area contributed by atoms with Crippen LogP contribution in [-0.2, 0) is 0 Å². The number of carboxylic acids is 1. The number of anilines is 3. The normalized spacial score (nSPS) is 14.0. The van der Waals surface area contributed by atoms with Gasteiger partial charge in [0.15, 0.2) is 0 Å². The summed E-state index contributed by atoms with van der Waals surface area (Å²) in [6.07, 6.45) is 7.66. The first-order valence-electron chi connectivity index (χ1n) is 12.8. The van der Waals surface area contributed by atoms with Crippen LogP contribution in [0.5, 0.6) is 0 Å². The molecule has 190 valence electrons. The van der Waals surface area contributed by atoms with E-state index in [1.807, 2.05) is 49.4 Å². The molecule has 1 aliphatic rings. The molecule has 0 atom stereocenters. The van der Waals surface area contributed by atoms with E-state index in [1.165, 1.54) is 19.3 Å². The van der Waals surface area contributed by atoms with Crippen molar-refractivity contribution in [2.24, 2.45) is 5.92 Å². The minimum absolute atomic E-state index is 0.170. The van der Waals surface area contributed by atoms with Crippen molar-refractivity contribution in [1.82, 2.24) is 4.57 Å². The Morgan fingerprint density at radius 3 is 2.42 bits per heavy atom. The molecule has 3 aromatic rings. The predicted octanol–water partition coefficient (Wildman–Crippen LogP) is 6.92. The fourth-order valence-corrected chi connectivity index (χ4v) is 4.96. The number of urea groups is 1. The van der Waals surface area contributed by atoms with Crippen molar-refractivity contribution in [3.05, 3.63) is 72.1 Å². The molecular weight excluding hydrogens is 452 g/mol. The maximum absolute atomic E-state index is 13.1. The molecule has 0 spiro atoms. The van der Waals surface area contributed by atoms with Gasteiger partial charge in [-0.25, -0.2) is 9.59 Å². The van der Waals surface area contributed by atoms with E-state index in [1.54, 1.807) is 22.9 Å². The van der Waals surface area contributed by atoms with Gasteiger partial charge < -0.3 is 25.2 Å². The Kier molecular flexibility index (Phi) is 7.98. The smallest absolute Gasteiger partial charge is 0.352 e. The Morgan fingerprint density at radius 2 is 1.75 bits per heavy atom. The summed E-state index contributed by atoms with van der Waals surface area (Å²) in [6, 6.07) is 16.8. The van der Waals surface area contributed by atoms with Crippen LogP contribution in [0, 0.1) is 12.8 Å². The maximum atomic E-state index is 13.1. The number of aromatic nitrogens is 1. The molecule has 0 saturated heterocycles. The molecule has 0 radical (unpaired) electrons. The molecule has 2 aromatic carbocycles. The van der Waals surface area contributed by atoms with Crippen LogP contribution in [-0.4, -0.2) is 34.3 Å². The lowest BCUT2D eigenvalue weighted by atomic mass is 9.93. The van der Waals surface area contributed by atoms with Crippen molar-refractivity contribution < 1.29 is 14.7 Å². The molecule has 4 rings (SSSR count). The topological polar surface area (TPSA) is 86.6 Å². The third-order valence-corrected chi connectivity index (χ3v) is 6.67. The number of carbonyl (C=O) groups excluding carboxylic acids is 1. The number of amides is 2. The molecular formula is C29H36N4O3. The molecule has 3 N–H and O–H groups in total. The largest absolute Gasteiger partial charge is 0.477 e. The average Bonchev–Trinajstić information content (AvgIpc) is 3.35. The number of aromatic carboxylic acids is 1. The van der Waals surface area contributed by atoms with Crippen LogP contribution in [0.25, 0.3) is 5.69 Å². The van der Waals surface area contributed by atoms with E-state index in [0.29, 0.717) is 29.0 Å². The molecule has 1 heterocycles. The molecule has 7 heteroatoms. The van der Waals surface area contributed by atoms with Gasteiger partial charge in [0.1, 0.15) is 5.69 Å². The second-order valence-corrected chi connectivity index (χ2v) is 10.1. The van der Waals surface area contributed by atoms with Crippen molar-refractivity contribution in [1.29, 1.82) is 0 Å². The first-order chi connectivity index (χ1) is 17.3. The minimum atomic E-state index is -1.00. The van der Waals surface area contributed by atoms with E-state index in [2.05, 4.69) is 29.4 Å². The van der Waals surface area contributed by atoms with Gasteiger partial charge >= 0.3 is 12.0 Å². The Hall–Kier alpha value is -3.74. The summed E-state index contributed by atoms with van der Waals surface area (Å²) in [5.41, 5.74) is 4.30. The fourth-order valence-electron chi connectivity index (χ4n) is 4.96. The molecule has 1 aromatic heterocycles. The van der Waals surface area contributed by atoms with Crippen LogP contribution in [0.4, 0.5) is 21.9 Å². The zero-order chi connectivity index (χ0) is 25.7. The lowest BCUT2D eigenvalue weighted by Gasteiger charge is -2.38. The summed E-state index contributed by atoms with van der Waals surface area (Å²) in [4.78, 5) is 27.2. The highest BCUT2D eigenvalue weighted by Gasteiger charge is 2.25. The highest BCUT2D eigenvalue weighted by Crippen LogP contribution is 2.35. The molecule has 1 saturated carbocycles. The van der Waals surface area contributed by atoms with Gasteiger partial charge in [-0.2, -0.15) is 0 Å². The van der Waals surface area contributed by atoms with Crippen molar-refractivity contribution in [3.8, 4) is 5.69 Å². The monoisotopic (exact) mass is 488 g/mol. The van der Waals surface area contributed by atoms with Crippen LogP contribution in [0.3, 0.4) is 0 Å². The van der Waals surface area contributed by atoms with Crippen LogP contribution >= 0.6 is 0 Å². The summed E-state index contributed by atoms with van der Waals surface area (Å²) < 4.78 is 1.63. The number of hydrogen-bond donors (Lipinski definition) is 3. The van der Waals surface area contributed by atoms with Crippen LogP contribution in [0.1, 0.15) is 62.0 Å². The first-order valence-corrected chi connectivity index (χ1v) is 12.8. The zero-order valence-electron chi connectivity index (χ0n) is 21.3. The highest BCUT2D eigenvalue weighted by molar-refractivity contribution is 6.02. The number of aryl methyl sites for hydroxylation is 1. The number of rotatable bonds is 8. The average molecular weight is 489 g/mol. The second-order valence-electron chi connectivity index (χ2n) is 10.1. The quantitative estimate of drug-likeness (QED) is 0.321. The van der Waals surface area contributed by atoms with Gasteiger partial charge in [0, 0.05) is 30.2 Å². The van der Waals surface area contributed by atoms with E-state index in [-0.39, 0.29) is 11.7 Å². The minimum Gasteiger partial charge on any atom is -0.477 e. The van der Waals surface area contributed by atoms with E-state index in [9.17, 15) is 14.7 Å². The van der Waals surface area contributed by atoms with Gasteiger partial charge in [0.25, 0.3) is 0 Å². The van der Waals surface area contributed by atoms with Crippen LogP contribution in [0.2, 0.25) is 0 Å². The summed E-state index contributed by atoms with van der Waals surface area (Å²) in [6.45, 7) is 7.30. The number of carboxylic acid groups (broad SMARTS) is 1. The predicted molar refractivity (Wildman–Crippen MR) is 146 cm³/mol. The van der Waals surface area contributed by atoms with E-state index in [4.69, 9.17) is 0 Å². The molecule has 0 bridgehead atoms. The molecule has 2 amide bonds. The molecule has 0 unspecified atom stereocenters. The van der Waals surface area contributed by atoms with Crippen molar-refractivity contribution in [2.75, 3.05) is 22.1 Å². The lowest BCUT2D eigenvalue weighted by Crippen LogP contribution is -2.40. The summed E-state index contributed by atoms with van der Waals surface area (Å²) >= 11 is 0. The second kappa shape index (κ2) is 11.3. The van der Waals surface area contributed by atoms with Crippen molar-refractivity contribution in [2.45, 2.75) is 58.9 Å². The fraction of sp³-hybridized carbons (Fsp3) is 0.379. The van der Waals surface area contributed by atoms with Crippen LogP contribution < -0.4 is 15.5 Å². The number of carbonyl (C=O) groups is 2. The van der Waals surface area contributed by atoms with Gasteiger partial charge in [-0.15, -0.1) is 0 Å². The Bertz CT molecular complexity index is 1190. The molecule has 7 nitrogen and oxygen atoms in total. The Balaban J connectivity index is 1.71. The lowest BCUT2D eigenvalue weighted by molar-refractivity contribution is 0.0688. The summed E-state index contributed by atoms with van der Waals surface area (Å²) in [5.74, 6) is -0.553. The first kappa shape index (κ1) is 25.4. The summed E-state index contributed by atoms with van der Waals surface area (Å²) in [5, 5.41) is 15.6. The summed E-state index contributed by atoms with van der Waals surface area (Å²) in [7, 11) is 0. The molecule has 1 fully saturated rings. The number of nitrogens with one attached hydrogen (secondary N) is 2. The third-order valence-electron chi connectivity index (χ3n) is 6.67. The van der Waals surface area contributed by atoms with Crippen LogP contribution in [0.15, 0.2) is 60.8 Å². The van der Waals surface area contributed by atoms with Gasteiger partial charge in [0.2, 0.25) is 0 Å². The highest BCUT2D eigenvalue weighted by atomic mass is 16.4. The van der Waals surface area contributed by atoms with E-state index < -0.39 is 5.97 Å². The standard InChI is InChI=1S/C29H36N4O3/c1-20(2)19-33(23-8-5-4-6-9-23)26-16-15-24(32-17-7-10-27(32)28(34)35)18-25(26)31-29(36)30-22-13-11-21(3)12-14-22/h7,10-18,20,23H,4-6,8-9,19H2,1-3H3,(H,34,35)(H2,30,31,36). The Labute approximate surface area is 213 Å². The van der Waals surface area contributed by atoms with Gasteiger partial charge in [-0.05, 0) is 68.1 Å². The molecule has 36 heavy (non-hydrogen) atoms. The van der Waals surface area contributed by atoms with E-state index >= 15 is 0 Å². The van der Waals surface area contributed by atoms with E-state index in [0.717, 1.165) is 30.6 Å². The Morgan fingerprint density at radius 1 is 1.03 bits per heavy atom. The number of hydrogen-bond acceptors (Lipinski definition) is 3. The van der Waals surface area contributed by atoms with Crippen molar-refractivity contribution >= 4 is 29.1 Å².